The van der Waals surface area contributed by atoms with Crippen LogP contribution in [0, 0.1) is 12.8 Å². The van der Waals surface area contributed by atoms with E-state index in [2.05, 4.69) is 48.9 Å². The van der Waals surface area contributed by atoms with Crippen molar-refractivity contribution in [2.75, 3.05) is 13.7 Å². The molecule has 0 aromatic carbocycles. The molecule has 1 aromatic heterocycles. The molecule has 110 valence electrons. The first-order chi connectivity index (χ1) is 9.03. The number of likely N-dealkylation sites (N-methyl/N-ethyl adjacent to an activating group) is 1. The van der Waals surface area contributed by atoms with E-state index in [1.165, 1.54) is 5.69 Å². The fourth-order valence-corrected chi connectivity index (χ4v) is 2.61. The minimum Gasteiger partial charge on any atom is -0.377 e. The molecule has 1 heterocycles. The second-order valence-corrected chi connectivity index (χ2v) is 5.36. The molecular weight excluding hydrogens is 238 g/mol. The van der Waals surface area contributed by atoms with Crippen molar-refractivity contribution >= 4 is 0 Å². The van der Waals surface area contributed by atoms with Crippen molar-refractivity contribution in [1.82, 2.24) is 15.1 Å². The van der Waals surface area contributed by atoms with E-state index in [9.17, 15) is 0 Å². The fourth-order valence-electron chi connectivity index (χ4n) is 2.61. The van der Waals surface area contributed by atoms with Crippen LogP contribution in [0.5, 0.6) is 0 Å². The van der Waals surface area contributed by atoms with Crippen molar-refractivity contribution in [1.29, 1.82) is 0 Å². The van der Waals surface area contributed by atoms with Gasteiger partial charge in [0.15, 0.2) is 0 Å². The Hall–Kier alpha value is -0.870. The molecule has 0 saturated heterocycles. The van der Waals surface area contributed by atoms with Gasteiger partial charge in [-0.3, -0.25) is 4.68 Å². The highest BCUT2D eigenvalue weighted by atomic mass is 16.5. The van der Waals surface area contributed by atoms with Crippen LogP contribution in [0.2, 0.25) is 0 Å². The predicted molar refractivity (Wildman–Crippen MR) is 79.4 cm³/mol. The van der Waals surface area contributed by atoms with Crippen LogP contribution < -0.4 is 5.32 Å². The molecule has 1 N–H and O–H groups in total. The molecule has 4 heteroatoms. The Morgan fingerprint density at radius 2 is 2.05 bits per heavy atom. The van der Waals surface area contributed by atoms with Crippen molar-refractivity contribution in [3.05, 3.63) is 17.5 Å². The summed E-state index contributed by atoms with van der Waals surface area (Å²) in [6, 6.07) is 2.50. The maximum atomic E-state index is 5.92. The smallest absolute Gasteiger partial charge is 0.0754 e. The van der Waals surface area contributed by atoms with Gasteiger partial charge in [-0.05, 0) is 39.8 Å². The molecule has 4 nitrogen and oxygen atoms in total. The second kappa shape index (κ2) is 7.65. The van der Waals surface area contributed by atoms with Gasteiger partial charge >= 0.3 is 0 Å². The summed E-state index contributed by atoms with van der Waals surface area (Å²) in [5, 5.41) is 7.93. The lowest BCUT2D eigenvalue weighted by molar-refractivity contribution is 0.00493. The van der Waals surface area contributed by atoms with Crippen molar-refractivity contribution < 1.29 is 4.74 Å². The topological polar surface area (TPSA) is 39.1 Å². The first kappa shape index (κ1) is 16.2. The Morgan fingerprint density at radius 3 is 2.53 bits per heavy atom. The van der Waals surface area contributed by atoms with Gasteiger partial charge in [0.05, 0.1) is 11.8 Å². The van der Waals surface area contributed by atoms with E-state index in [4.69, 9.17) is 4.74 Å². The Balaban J connectivity index is 2.84. The van der Waals surface area contributed by atoms with Crippen LogP contribution >= 0.6 is 0 Å². The van der Waals surface area contributed by atoms with Crippen molar-refractivity contribution in [3.63, 3.8) is 0 Å². The molecule has 0 saturated carbocycles. The zero-order chi connectivity index (χ0) is 14.4. The van der Waals surface area contributed by atoms with Crippen molar-refractivity contribution in [3.8, 4) is 0 Å². The zero-order valence-electron chi connectivity index (χ0n) is 13.2. The summed E-state index contributed by atoms with van der Waals surface area (Å²) in [7, 11) is 2.01. The van der Waals surface area contributed by atoms with Gasteiger partial charge < -0.3 is 10.1 Å². The number of aryl methyl sites for hydroxylation is 2. The number of hydrogen-bond donors (Lipinski definition) is 1. The summed E-state index contributed by atoms with van der Waals surface area (Å²) in [5.41, 5.74) is 2.37. The van der Waals surface area contributed by atoms with Crippen molar-refractivity contribution in [2.45, 2.75) is 59.7 Å². The molecule has 0 fully saturated rings. The quantitative estimate of drug-likeness (QED) is 0.786. The standard InChI is InChI=1S/C15H29N3O/c1-7-18-13(9-12(5)17-18)10-14(16-6)15(11(3)4)19-8-2/h9,11,14-16H,7-8,10H2,1-6H3. The summed E-state index contributed by atoms with van der Waals surface area (Å²) in [6.07, 6.45) is 1.18. The average Bonchev–Trinajstić information content (AvgIpc) is 2.73. The lowest BCUT2D eigenvalue weighted by atomic mass is 9.95. The SMILES string of the molecule is CCOC(C(C)C)C(Cc1cc(C)nn1CC)NC. The van der Waals surface area contributed by atoms with E-state index >= 15 is 0 Å². The molecule has 0 radical (unpaired) electrons. The monoisotopic (exact) mass is 267 g/mol. The van der Waals surface area contributed by atoms with Crippen molar-refractivity contribution in [2.24, 2.45) is 5.92 Å². The number of rotatable bonds is 8. The first-order valence-corrected chi connectivity index (χ1v) is 7.35. The van der Waals surface area contributed by atoms with Gasteiger partial charge in [0.1, 0.15) is 0 Å². The first-order valence-electron chi connectivity index (χ1n) is 7.35. The number of nitrogens with zero attached hydrogens (tertiary/aromatic N) is 2. The Bertz CT molecular complexity index is 373. The van der Waals surface area contributed by atoms with E-state index in [0.717, 1.165) is 25.3 Å². The Kier molecular flexibility index (Phi) is 6.52. The summed E-state index contributed by atoms with van der Waals surface area (Å²) in [4.78, 5) is 0. The zero-order valence-corrected chi connectivity index (χ0v) is 13.2. The Labute approximate surface area is 117 Å². The van der Waals surface area contributed by atoms with Gasteiger partial charge in [0, 0.05) is 31.3 Å². The van der Waals surface area contributed by atoms with Gasteiger partial charge in [-0.25, -0.2) is 0 Å². The van der Waals surface area contributed by atoms with Crippen LogP contribution in [0.3, 0.4) is 0 Å². The van der Waals surface area contributed by atoms with Crippen LogP contribution in [-0.2, 0) is 17.7 Å². The van der Waals surface area contributed by atoms with E-state index in [-0.39, 0.29) is 6.10 Å². The van der Waals surface area contributed by atoms with Gasteiger partial charge in [-0.15, -0.1) is 0 Å². The van der Waals surface area contributed by atoms with Crippen LogP contribution in [0.15, 0.2) is 6.07 Å². The minimum atomic E-state index is 0.232. The average molecular weight is 267 g/mol. The second-order valence-electron chi connectivity index (χ2n) is 5.36. The van der Waals surface area contributed by atoms with E-state index < -0.39 is 0 Å². The summed E-state index contributed by atoms with van der Waals surface area (Å²) >= 11 is 0. The van der Waals surface area contributed by atoms with Crippen LogP contribution in [0.25, 0.3) is 0 Å². The highest BCUT2D eigenvalue weighted by Gasteiger charge is 2.25. The number of nitrogens with one attached hydrogen (secondary N) is 1. The lowest BCUT2D eigenvalue weighted by Crippen LogP contribution is -2.44. The largest absolute Gasteiger partial charge is 0.377 e. The highest BCUT2D eigenvalue weighted by Crippen LogP contribution is 2.16. The van der Waals surface area contributed by atoms with Crippen LogP contribution in [0.1, 0.15) is 39.1 Å². The minimum absolute atomic E-state index is 0.232. The van der Waals surface area contributed by atoms with Gasteiger partial charge in [-0.1, -0.05) is 13.8 Å². The number of hydrogen-bond acceptors (Lipinski definition) is 3. The summed E-state index contributed by atoms with van der Waals surface area (Å²) < 4.78 is 8.00. The molecule has 0 bridgehead atoms. The fraction of sp³-hybridized carbons (Fsp3) is 0.800. The molecule has 0 aliphatic rings. The predicted octanol–water partition coefficient (Wildman–Crippen LogP) is 2.40. The van der Waals surface area contributed by atoms with E-state index in [1.54, 1.807) is 0 Å². The third-order valence-corrected chi connectivity index (χ3v) is 3.50. The molecule has 2 unspecified atom stereocenters. The van der Waals surface area contributed by atoms with E-state index in [1.807, 2.05) is 14.0 Å². The van der Waals surface area contributed by atoms with E-state index in [0.29, 0.717) is 12.0 Å². The van der Waals surface area contributed by atoms with Gasteiger partial charge in [-0.2, -0.15) is 5.10 Å². The molecule has 1 aromatic rings. The molecule has 0 spiro atoms. The third kappa shape index (κ3) is 4.32. The highest BCUT2D eigenvalue weighted by molar-refractivity contribution is 5.11. The maximum Gasteiger partial charge on any atom is 0.0754 e. The number of aromatic nitrogens is 2. The maximum absolute atomic E-state index is 5.92. The molecular formula is C15H29N3O. The molecule has 19 heavy (non-hydrogen) atoms. The molecule has 0 aliphatic heterocycles. The third-order valence-electron chi connectivity index (χ3n) is 3.50. The lowest BCUT2D eigenvalue weighted by Gasteiger charge is -2.30. The summed E-state index contributed by atoms with van der Waals surface area (Å²) in [5.74, 6) is 0.497. The molecule has 0 aliphatic carbocycles. The summed E-state index contributed by atoms with van der Waals surface area (Å²) in [6.45, 7) is 12.3. The Morgan fingerprint density at radius 1 is 1.37 bits per heavy atom. The molecule has 2 atom stereocenters. The van der Waals surface area contributed by atoms with Crippen LogP contribution in [-0.4, -0.2) is 35.6 Å². The van der Waals surface area contributed by atoms with Gasteiger partial charge in [0.25, 0.3) is 0 Å². The molecule has 1 rings (SSSR count). The molecule has 0 amide bonds. The van der Waals surface area contributed by atoms with Gasteiger partial charge in [0.2, 0.25) is 0 Å². The normalized spacial score (nSPS) is 14.9. The van der Waals surface area contributed by atoms with Crippen LogP contribution in [0.4, 0.5) is 0 Å². The number of ether oxygens (including phenoxy) is 1.